The number of carboxylic acids is 1. The minimum absolute atomic E-state index is 0.463. The van der Waals surface area contributed by atoms with Crippen LogP contribution in [0.3, 0.4) is 0 Å². The molecule has 0 aromatic heterocycles. The highest BCUT2D eigenvalue weighted by atomic mass is 16.4. The van der Waals surface area contributed by atoms with Gasteiger partial charge in [-0.1, -0.05) is 75.9 Å². The van der Waals surface area contributed by atoms with Gasteiger partial charge in [-0.25, -0.2) is 0 Å². The van der Waals surface area contributed by atoms with Crippen LogP contribution in [0.25, 0.3) is 6.08 Å². The fraction of sp³-hybridized carbons (Fsp3) is 0.571. The van der Waals surface area contributed by atoms with Gasteiger partial charge in [-0.3, -0.25) is 4.79 Å². The maximum absolute atomic E-state index is 11.8. The number of aliphatic carboxylic acids is 1. The summed E-state index contributed by atoms with van der Waals surface area (Å²) >= 11 is 0. The lowest BCUT2D eigenvalue weighted by atomic mass is 9.75. The summed E-state index contributed by atoms with van der Waals surface area (Å²) in [5.74, 6) is -0.927. The van der Waals surface area contributed by atoms with Crippen LogP contribution in [0.4, 0.5) is 0 Å². The molecule has 0 radical (unpaired) electrons. The van der Waals surface area contributed by atoms with Crippen LogP contribution in [-0.2, 0) is 4.79 Å². The lowest BCUT2D eigenvalue weighted by Gasteiger charge is -2.32. The van der Waals surface area contributed by atoms with E-state index in [1.54, 1.807) is 6.92 Å². The monoisotopic (exact) mass is 332 g/mol. The van der Waals surface area contributed by atoms with Crippen molar-refractivity contribution >= 4 is 12.0 Å². The molecule has 2 atom stereocenters. The Labute approximate surface area is 146 Å². The van der Waals surface area contributed by atoms with Crippen LogP contribution in [0, 0.1) is 5.41 Å². The smallest absolute Gasteiger partial charge is 0.312 e. The minimum atomic E-state index is -1.14. The van der Waals surface area contributed by atoms with Crippen molar-refractivity contribution in [2.24, 2.45) is 5.41 Å². The molecule has 2 N–H and O–H groups in total. The van der Waals surface area contributed by atoms with Gasteiger partial charge in [-0.2, -0.15) is 0 Å². The first kappa shape index (κ1) is 20.4. The van der Waals surface area contributed by atoms with Gasteiger partial charge in [0.25, 0.3) is 0 Å². The molecule has 0 heterocycles. The van der Waals surface area contributed by atoms with Gasteiger partial charge in [0.2, 0.25) is 0 Å². The van der Waals surface area contributed by atoms with E-state index < -0.39 is 17.5 Å². The maximum Gasteiger partial charge on any atom is 0.312 e. The van der Waals surface area contributed by atoms with E-state index in [1.165, 1.54) is 6.42 Å². The molecule has 0 amide bonds. The summed E-state index contributed by atoms with van der Waals surface area (Å²) in [6, 6.07) is 9.82. The van der Waals surface area contributed by atoms with E-state index in [4.69, 9.17) is 0 Å². The molecular weight excluding hydrogens is 300 g/mol. The second kappa shape index (κ2) is 10.3. The average molecular weight is 332 g/mol. The molecule has 0 saturated heterocycles. The van der Waals surface area contributed by atoms with Gasteiger partial charge in [0.15, 0.2) is 0 Å². The van der Waals surface area contributed by atoms with Gasteiger partial charge < -0.3 is 10.2 Å². The summed E-state index contributed by atoms with van der Waals surface area (Å²) in [6.45, 7) is 5.78. The summed E-state index contributed by atoms with van der Waals surface area (Å²) in [4.78, 5) is 11.8. The Morgan fingerprint density at radius 3 is 2.33 bits per heavy atom. The van der Waals surface area contributed by atoms with E-state index >= 15 is 0 Å². The molecule has 1 rings (SSSR count). The lowest BCUT2D eigenvalue weighted by molar-refractivity contribution is -0.154. The molecule has 0 aliphatic heterocycles. The van der Waals surface area contributed by atoms with Gasteiger partial charge in [0, 0.05) is 0 Å². The third-order valence-electron chi connectivity index (χ3n) is 4.68. The molecule has 0 spiro atoms. The first-order chi connectivity index (χ1) is 11.5. The number of hydrogen-bond donors (Lipinski definition) is 2. The number of aliphatic hydroxyl groups is 1. The summed E-state index contributed by atoms with van der Waals surface area (Å²) < 4.78 is 0. The average Bonchev–Trinajstić information content (AvgIpc) is 2.58. The molecule has 3 heteroatoms. The fourth-order valence-electron chi connectivity index (χ4n) is 3.10. The highest BCUT2D eigenvalue weighted by molar-refractivity contribution is 5.76. The lowest BCUT2D eigenvalue weighted by Crippen LogP contribution is -2.41. The molecule has 24 heavy (non-hydrogen) atoms. The molecule has 2 unspecified atom stereocenters. The number of carbonyl (C=O) groups is 1. The summed E-state index contributed by atoms with van der Waals surface area (Å²) in [6.07, 6.45) is 7.34. The fourth-order valence-corrected chi connectivity index (χ4v) is 3.10. The summed E-state index contributed by atoms with van der Waals surface area (Å²) in [5, 5.41) is 20.6. The predicted molar refractivity (Wildman–Crippen MR) is 99.8 cm³/mol. The third-order valence-corrected chi connectivity index (χ3v) is 4.68. The van der Waals surface area contributed by atoms with Gasteiger partial charge in [0.1, 0.15) is 0 Å². The van der Waals surface area contributed by atoms with Crippen LogP contribution in [0.15, 0.2) is 35.9 Å². The molecule has 1 aromatic rings. The normalized spacial score (nSPS) is 15.8. The Morgan fingerprint density at radius 2 is 1.79 bits per heavy atom. The SMILES string of the molecule is CCCCCCC(=Cc1ccccc1)C(O)C(C)(CCC)C(=O)O. The number of carboxylic acid groups (broad SMARTS) is 1. The minimum Gasteiger partial charge on any atom is -0.481 e. The molecule has 1 aromatic carbocycles. The van der Waals surface area contributed by atoms with Crippen molar-refractivity contribution in [2.75, 3.05) is 0 Å². The highest BCUT2D eigenvalue weighted by Gasteiger charge is 2.41. The van der Waals surface area contributed by atoms with Crippen molar-refractivity contribution in [2.45, 2.75) is 71.8 Å². The van der Waals surface area contributed by atoms with Crippen molar-refractivity contribution in [3.05, 3.63) is 41.5 Å². The van der Waals surface area contributed by atoms with Gasteiger partial charge >= 0.3 is 5.97 Å². The van der Waals surface area contributed by atoms with Gasteiger partial charge in [-0.15, -0.1) is 0 Å². The Balaban J connectivity index is 3.06. The zero-order valence-electron chi connectivity index (χ0n) is 15.3. The first-order valence-electron chi connectivity index (χ1n) is 9.12. The van der Waals surface area contributed by atoms with E-state index in [0.29, 0.717) is 6.42 Å². The summed E-state index contributed by atoms with van der Waals surface area (Å²) in [5.41, 5.74) is 0.696. The van der Waals surface area contributed by atoms with E-state index in [1.807, 2.05) is 43.3 Å². The Bertz CT molecular complexity index is 521. The van der Waals surface area contributed by atoms with Crippen molar-refractivity contribution in [1.29, 1.82) is 0 Å². The Kier molecular flexibility index (Phi) is 8.77. The first-order valence-corrected chi connectivity index (χ1v) is 9.12. The Hall–Kier alpha value is -1.61. The number of unbranched alkanes of at least 4 members (excludes halogenated alkanes) is 3. The number of rotatable bonds is 11. The van der Waals surface area contributed by atoms with Crippen molar-refractivity contribution in [3.8, 4) is 0 Å². The molecule has 0 bridgehead atoms. The number of benzene rings is 1. The molecule has 0 aliphatic rings. The third kappa shape index (κ3) is 5.79. The summed E-state index contributed by atoms with van der Waals surface area (Å²) in [7, 11) is 0. The number of hydrogen-bond acceptors (Lipinski definition) is 2. The Morgan fingerprint density at radius 1 is 1.12 bits per heavy atom. The zero-order chi connectivity index (χ0) is 18.0. The zero-order valence-corrected chi connectivity index (χ0v) is 15.3. The number of aliphatic hydroxyl groups excluding tert-OH is 1. The van der Waals surface area contributed by atoms with Crippen LogP contribution >= 0.6 is 0 Å². The van der Waals surface area contributed by atoms with Crippen LogP contribution in [0.1, 0.15) is 71.3 Å². The van der Waals surface area contributed by atoms with Gasteiger partial charge in [-0.05, 0) is 37.3 Å². The molecule has 0 aliphatic carbocycles. The van der Waals surface area contributed by atoms with E-state index in [0.717, 1.165) is 43.2 Å². The standard InChI is InChI=1S/C21H32O3/c1-4-6-7-11-14-18(16-17-12-9-8-10-13-17)19(22)21(3,15-5-2)20(23)24/h8-10,12-13,16,19,22H,4-7,11,14-15H2,1-3H3,(H,23,24). The van der Waals surface area contributed by atoms with Gasteiger partial charge in [0.05, 0.1) is 11.5 Å². The van der Waals surface area contributed by atoms with Crippen molar-refractivity contribution in [1.82, 2.24) is 0 Å². The molecule has 3 nitrogen and oxygen atoms in total. The predicted octanol–water partition coefficient (Wildman–Crippen LogP) is 5.29. The topological polar surface area (TPSA) is 57.5 Å². The second-order valence-corrected chi connectivity index (χ2v) is 6.82. The van der Waals surface area contributed by atoms with Crippen molar-refractivity contribution in [3.63, 3.8) is 0 Å². The highest BCUT2D eigenvalue weighted by Crippen LogP contribution is 2.35. The van der Waals surface area contributed by atoms with E-state index in [2.05, 4.69) is 6.92 Å². The second-order valence-electron chi connectivity index (χ2n) is 6.82. The molecular formula is C21H32O3. The molecule has 134 valence electrons. The van der Waals surface area contributed by atoms with E-state index in [9.17, 15) is 15.0 Å². The quantitative estimate of drug-likeness (QED) is 0.541. The largest absolute Gasteiger partial charge is 0.481 e. The molecule has 0 fully saturated rings. The van der Waals surface area contributed by atoms with Crippen molar-refractivity contribution < 1.29 is 15.0 Å². The van der Waals surface area contributed by atoms with E-state index in [-0.39, 0.29) is 0 Å². The van der Waals surface area contributed by atoms with Crippen LogP contribution < -0.4 is 0 Å². The molecule has 0 saturated carbocycles. The maximum atomic E-state index is 11.8. The van der Waals surface area contributed by atoms with Crippen LogP contribution in [0.2, 0.25) is 0 Å². The van der Waals surface area contributed by atoms with Crippen LogP contribution in [-0.4, -0.2) is 22.3 Å². The van der Waals surface area contributed by atoms with Crippen LogP contribution in [0.5, 0.6) is 0 Å².